The van der Waals surface area contributed by atoms with E-state index in [4.69, 9.17) is 28.8 Å². The second-order valence-electron chi connectivity index (χ2n) is 7.15. The van der Waals surface area contributed by atoms with Crippen molar-refractivity contribution in [1.29, 1.82) is 0 Å². The Morgan fingerprint density at radius 1 is 1.13 bits per heavy atom. The van der Waals surface area contributed by atoms with Crippen molar-refractivity contribution in [1.82, 2.24) is 4.90 Å². The minimum atomic E-state index is -0.618. The van der Waals surface area contributed by atoms with Crippen molar-refractivity contribution in [2.45, 2.75) is 18.6 Å². The molecule has 0 aromatic heterocycles. The SMILES string of the molecule is COC(=O)c1ccc(C2C=C(C(=O)N3CCOCC3)OC(OCCOCCO)C2)cc1. The Kier molecular flexibility index (Phi) is 8.84. The van der Waals surface area contributed by atoms with Gasteiger partial charge in [0.05, 0.1) is 52.3 Å². The number of aliphatic hydroxyl groups excluding tert-OH is 1. The normalized spacial score (nSPS) is 21.2. The van der Waals surface area contributed by atoms with E-state index in [1.54, 1.807) is 17.0 Å². The number of aliphatic hydroxyl groups is 1. The zero-order chi connectivity index (χ0) is 22.1. The number of esters is 1. The van der Waals surface area contributed by atoms with Crippen LogP contribution in [-0.4, -0.2) is 88.0 Å². The van der Waals surface area contributed by atoms with E-state index in [-0.39, 0.29) is 37.4 Å². The highest BCUT2D eigenvalue weighted by atomic mass is 16.7. The summed E-state index contributed by atoms with van der Waals surface area (Å²) in [4.78, 5) is 26.4. The maximum atomic E-state index is 13.0. The predicted octanol–water partition coefficient (Wildman–Crippen LogP) is 1.07. The van der Waals surface area contributed by atoms with Gasteiger partial charge in [-0.25, -0.2) is 4.79 Å². The number of amides is 1. The van der Waals surface area contributed by atoms with Crippen LogP contribution in [-0.2, 0) is 28.5 Å². The second kappa shape index (κ2) is 11.8. The van der Waals surface area contributed by atoms with Crippen LogP contribution in [0.4, 0.5) is 0 Å². The van der Waals surface area contributed by atoms with Crippen molar-refractivity contribution in [3.63, 3.8) is 0 Å². The molecule has 2 heterocycles. The van der Waals surface area contributed by atoms with Crippen LogP contribution in [0, 0.1) is 0 Å². The highest BCUT2D eigenvalue weighted by molar-refractivity contribution is 5.92. The monoisotopic (exact) mass is 435 g/mol. The van der Waals surface area contributed by atoms with E-state index in [2.05, 4.69) is 0 Å². The molecule has 0 spiro atoms. The van der Waals surface area contributed by atoms with Crippen molar-refractivity contribution in [3.05, 3.63) is 47.2 Å². The van der Waals surface area contributed by atoms with Crippen molar-refractivity contribution < 1.29 is 38.4 Å². The molecule has 2 aliphatic heterocycles. The topological polar surface area (TPSA) is 104 Å². The number of ether oxygens (including phenoxy) is 5. The van der Waals surface area contributed by atoms with Gasteiger partial charge in [-0.3, -0.25) is 4.79 Å². The van der Waals surface area contributed by atoms with Crippen molar-refractivity contribution >= 4 is 11.9 Å². The first-order valence-corrected chi connectivity index (χ1v) is 10.4. The highest BCUT2D eigenvalue weighted by Gasteiger charge is 2.31. The lowest BCUT2D eigenvalue weighted by Crippen LogP contribution is -2.43. The Bertz CT molecular complexity index is 757. The minimum Gasteiger partial charge on any atom is -0.465 e. The third kappa shape index (κ3) is 6.51. The van der Waals surface area contributed by atoms with E-state index >= 15 is 0 Å². The summed E-state index contributed by atoms with van der Waals surface area (Å²) in [5.41, 5.74) is 1.40. The van der Waals surface area contributed by atoms with Crippen LogP contribution in [0.25, 0.3) is 0 Å². The van der Waals surface area contributed by atoms with E-state index in [9.17, 15) is 9.59 Å². The Hall–Kier alpha value is -2.46. The van der Waals surface area contributed by atoms with Crippen LogP contribution < -0.4 is 0 Å². The van der Waals surface area contributed by atoms with Crippen LogP contribution in [0.1, 0.15) is 28.3 Å². The molecule has 2 unspecified atom stereocenters. The average Bonchev–Trinajstić information content (AvgIpc) is 2.83. The van der Waals surface area contributed by atoms with E-state index in [0.29, 0.717) is 44.9 Å². The van der Waals surface area contributed by atoms with Crippen LogP contribution in [0.2, 0.25) is 0 Å². The zero-order valence-electron chi connectivity index (χ0n) is 17.7. The van der Waals surface area contributed by atoms with E-state index < -0.39 is 12.3 Å². The van der Waals surface area contributed by atoms with Crippen LogP contribution in [0.15, 0.2) is 36.1 Å². The summed E-state index contributed by atoms with van der Waals surface area (Å²) in [5, 5.41) is 8.79. The van der Waals surface area contributed by atoms with Gasteiger partial charge in [0.25, 0.3) is 5.91 Å². The van der Waals surface area contributed by atoms with Crippen molar-refractivity contribution in [2.75, 3.05) is 59.8 Å². The van der Waals surface area contributed by atoms with Gasteiger partial charge in [0.2, 0.25) is 6.29 Å². The van der Waals surface area contributed by atoms with Gasteiger partial charge in [-0.1, -0.05) is 12.1 Å². The maximum Gasteiger partial charge on any atom is 0.337 e. The quantitative estimate of drug-likeness (QED) is 0.454. The summed E-state index contributed by atoms with van der Waals surface area (Å²) in [6.45, 7) is 2.80. The molecule has 1 aromatic carbocycles. The second-order valence-corrected chi connectivity index (χ2v) is 7.15. The van der Waals surface area contributed by atoms with E-state index in [0.717, 1.165) is 5.56 Å². The fourth-order valence-corrected chi connectivity index (χ4v) is 3.45. The molecular weight excluding hydrogens is 406 g/mol. The molecule has 1 amide bonds. The van der Waals surface area contributed by atoms with Gasteiger partial charge in [-0.2, -0.15) is 0 Å². The number of carbonyl (C=O) groups is 2. The largest absolute Gasteiger partial charge is 0.465 e. The summed E-state index contributed by atoms with van der Waals surface area (Å²) in [7, 11) is 1.34. The number of hydrogen-bond acceptors (Lipinski definition) is 8. The van der Waals surface area contributed by atoms with Gasteiger partial charge in [0, 0.05) is 25.4 Å². The molecule has 1 fully saturated rings. The number of hydrogen-bond donors (Lipinski definition) is 1. The average molecular weight is 435 g/mol. The lowest BCUT2D eigenvalue weighted by atomic mass is 9.92. The van der Waals surface area contributed by atoms with Gasteiger partial charge in [-0.15, -0.1) is 0 Å². The van der Waals surface area contributed by atoms with Gasteiger partial charge in [0.1, 0.15) is 0 Å². The minimum absolute atomic E-state index is 0.0511. The van der Waals surface area contributed by atoms with Crippen LogP contribution in [0.3, 0.4) is 0 Å². The Morgan fingerprint density at radius 2 is 1.87 bits per heavy atom. The van der Waals surface area contributed by atoms with Gasteiger partial charge in [0.15, 0.2) is 5.76 Å². The van der Waals surface area contributed by atoms with E-state index in [1.807, 2.05) is 18.2 Å². The molecule has 1 N–H and O–H groups in total. The molecule has 0 bridgehead atoms. The Balaban J connectivity index is 1.73. The molecule has 9 nitrogen and oxygen atoms in total. The third-order valence-corrected chi connectivity index (χ3v) is 5.09. The smallest absolute Gasteiger partial charge is 0.337 e. The molecule has 2 atom stereocenters. The molecule has 9 heteroatoms. The zero-order valence-corrected chi connectivity index (χ0v) is 17.7. The predicted molar refractivity (Wildman–Crippen MR) is 109 cm³/mol. The Morgan fingerprint density at radius 3 is 2.55 bits per heavy atom. The van der Waals surface area contributed by atoms with Crippen LogP contribution >= 0.6 is 0 Å². The highest BCUT2D eigenvalue weighted by Crippen LogP contribution is 2.32. The Labute approximate surface area is 181 Å². The molecule has 170 valence electrons. The molecular formula is C22H29NO8. The first kappa shape index (κ1) is 23.2. The van der Waals surface area contributed by atoms with E-state index in [1.165, 1.54) is 7.11 Å². The number of rotatable bonds is 9. The summed E-state index contributed by atoms with van der Waals surface area (Å²) >= 11 is 0. The summed E-state index contributed by atoms with van der Waals surface area (Å²) in [5.74, 6) is -0.467. The fraction of sp³-hybridized carbons (Fsp3) is 0.545. The maximum absolute atomic E-state index is 13.0. The number of carbonyl (C=O) groups excluding carboxylic acids is 2. The molecule has 1 saturated heterocycles. The number of methoxy groups -OCH3 is 1. The molecule has 1 aromatic rings. The molecule has 2 aliphatic rings. The first-order chi connectivity index (χ1) is 15.1. The molecule has 31 heavy (non-hydrogen) atoms. The molecule has 3 rings (SSSR count). The van der Waals surface area contributed by atoms with Crippen molar-refractivity contribution in [3.8, 4) is 0 Å². The van der Waals surface area contributed by atoms with Crippen LogP contribution in [0.5, 0.6) is 0 Å². The first-order valence-electron chi connectivity index (χ1n) is 10.4. The summed E-state index contributed by atoms with van der Waals surface area (Å²) in [6.07, 6.45) is 1.71. The third-order valence-electron chi connectivity index (χ3n) is 5.09. The standard InChI is InChI=1S/C22H29NO8/c1-27-22(26)17-4-2-16(3-5-17)18-14-19(21(25)23-6-9-28-10-7-23)31-20(15-18)30-13-12-29-11-8-24/h2-5,14,18,20,24H,6-13,15H2,1H3. The number of benzene rings is 1. The molecule has 0 radical (unpaired) electrons. The fourth-order valence-electron chi connectivity index (χ4n) is 3.45. The van der Waals surface area contributed by atoms with Gasteiger partial charge < -0.3 is 33.7 Å². The number of morpholine rings is 1. The molecule has 0 aliphatic carbocycles. The number of nitrogens with zero attached hydrogens (tertiary/aromatic N) is 1. The van der Waals surface area contributed by atoms with Crippen molar-refractivity contribution in [2.24, 2.45) is 0 Å². The molecule has 0 saturated carbocycles. The summed E-state index contributed by atoms with van der Waals surface area (Å²) in [6, 6.07) is 7.09. The lowest BCUT2D eigenvalue weighted by Gasteiger charge is -2.33. The van der Waals surface area contributed by atoms with Gasteiger partial charge in [-0.05, 0) is 23.8 Å². The number of allylic oxidation sites excluding steroid dienone is 1. The lowest BCUT2D eigenvalue weighted by molar-refractivity contribution is -0.158. The van der Waals surface area contributed by atoms with Gasteiger partial charge >= 0.3 is 5.97 Å². The summed E-state index contributed by atoms with van der Waals surface area (Å²) < 4.78 is 27.0.